The van der Waals surface area contributed by atoms with E-state index in [2.05, 4.69) is 26.0 Å². The van der Waals surface area contributed by atoms with Crippen LogP contribution in [0, 0.1) is 13.8 Å². The summed E-state index contributed by atoms with van der Waals surface area (Å²) in [5, 5.41) is 0. The van der Waals surface area contributed by atoms with E-state index in [1.165, 1.54) is 11.1 Å². The molecule has 0 saturated carbocycles. The third-order valence-electron chi connectivity index (χ3n) is 2.52. The summed E-state index contributed by atoms with van der Waals surface area (Å²) < 4.78 is 16.1. The molecule has 0 spiro atoms. The Balaban J connectivity index is 2.18. The van der Waals surface area contributed by atoms with Gasteiger partial charge < -0.3 is 14.2 Å². The van der Waals surface area contributed by atoms with Gasteiger partial charge >= 0.3 is 0 Å². The van der Waals surface area contributed by atoms with Crippen molar-refractivity contribution in [3.05, 3.63) is 29.3 Å². The second-order valence-electron chi connectivity index (χ2n) is 4.03. The average molecular weight is 238 g/mol. The summed E-state index contributed by atoms with van der Waals surface area (Å²) in [6.45, 7) is 6.81. The van der Waals surface area contributed by atoms with Crippen LogP contribution in [0.1, 0.15) is 17.5 Å². The molecular formula is C14H22O3. The van der Waals surface area contributed by atoms with Gasteiger partial charge in [0.15, 0.2) is 0 Å². The molecule has 3 nitrogen and oxygen atoms in total. The Morgan fingerprint density at radius 3 is 2.29 bits per heavy atom. The molecule has 96 valence electrons. The van der Waals surface area contributed by atoms with Crippen LogP contribution in [0.15, 0.2) is 18.2 Å². The number of ether oxygens (including phenoxy) is 3. The molecule has 0 aliphatic heterocycles. The first-order valence-electron chi connectivity index (χ1n) is 6.01. The maximum absolute atomic E-state index is 5.72. The lowest BCUT2D eigenvalue weighted by atomic mass is 10.1. The summed E-state index contributed by atoms with van der Waals surface area (Å²) in [6.07, 6.45) is 0.930. The predicted octanol–water partition coefficient (Wildman–Crippen LogP) is 2.74. The van der Waals surface area contributed by atoms with Crippen molar-refractivity contribution in [2.75, 3.05) is 33.5 Å². The number of aryl methyl sites for hydroxylation is 2. The highest BCUT2D eigenvalue weighted by Crippen LogP contribution is 2.21. The van der Waals surface area contributed by atoms with Crippen molar-refractivity contribution in [1.82, 2.24) is 0 Å². The molecule has 0 radical (unpaired) electrons. The Morgan fingerprint density at radius 1 is 0.941 bits per heavy atom. The second kappa shape index (κ2) is 8.09. The third-order valence-corrected chi connectivity index (χ3v) is 2.52. The van der Waals surface area contributed by atoms with Crippen LogP contribution in [-0.2, 0) is 9.47 Å². The van der Waals surface area contributed by atoms with Gasteiger partial charge in [-0.3, -0.25) is 0 Å². The van der Waals surface area contributed by atoms with E-state index in [9.17, 15) is 0 Å². The van der Waals surface area contributed by atoms with Gasteiger partial charge in [0.2, 0.25) is 0 Å². The second-order valence-corrected chi connectivity index (χ2v) is 4.03. The highest BCUT2D eigenvalue weighted by Gasteiger charge is 2.02. The van der Waals surface area contributed by atoms with Crippen molar-refractivity contribution in [1.29, 1.82) is 0 Å². The van der Waals surface area contributed by atoms with Crippen LogP contribution in [0.2, 0.25) is 0 Å². The van der Waals surface area contributed by atoms with E-state index in [0.29, 0.717) is 13.2 Å². The van der Waals surface area contributed by atoms with Gasteiger partial charge in [-0.15, -0.1) is 0 Å². The number of benzene rings is 1. The van der Waals surface area contributed by atoms with Gasteiger partial charge in [-0.2, -0.15) is 0 Å². The number of methoxy groups -OCH3 is 1. The zero-order valence-corrected chi connectivity index (χ0v) is 11.0. The van der Waals surface area contributed by atoms with Crippen LogP contribution in [0.4, 0.5) is 0 Å². The summed E-state index contributed by atoms with van der Waals surface area (Å²) in [5.41, 5.74) is 2.34. The van der Waals surface area contributed by atoms with E-state index in [0.717, 1.165) is 25.4 Å². The van der Waals surface area contributed by atoms with Crippen LogP contribution in [0.25, 0.3) is 0 Å². The Morgan fingerprint density at radius 2 is 1.65 bits per heavy atom. The molecular weight excluding hydrogens is 216 g/mol. The number of rotatable bonds is 8. The Labute approximate surface area is 104 Å². The summed E-state index contributed by atoms with van der Waals surface area (Å²) >= 11 is 0. The first-order chi connectivity index (χ1) is 8.25. The minimum absolute atomic E-state index is 0.596. The minimum Gasteiger partial charge on any atom is -0.491 e. The molecule has 0 unspecified atom stereocenters. The fourth-order valence-corrected chi connectivity index (χ4v) is 1.64. The maximum Gasteiger partial charge on any atom is 0.125 e. The highest BCUT2D eigenvalue weighted by molar-refractivity contribution is 5.39. The molecule has 0 amide bonds. The van der Waals surface area contributed by atoms with Gasteiger partial charge in [0.05, 0.1) is 6.61 Å². The van der Waals surface area contributed by atoms with Crippen LogP contribution in [0.5, 0.6) is 5.75 Å². The lowest BCUT2D eigenvalue weighted by molar-refractivity contribution is 0.0803. The summed E-state index contributed by atoms with van der Waals surface area (Å²) in [6, 6.07) is 6.16. The summed E-state index contributed by atoms with van der Waals surface area (Å²) in [7, 11) is 1.70. The summed E-state index contributed by atoms with van der Waals surface area (Å²) in [5.74, 6) is 0.980. The normalized spacial score (nSPS) is 10.5. The fourth-order valence-electron chi connectivity index (χ4n) is 1.64. The van der Waals surface area contributed by atoms with Crippen LogP contribution in [-0.4, -0.2) is 33.5 Å². The van der Waals surface area contributed by atoms with E-state index >= 15 is 0 Å². The molecule has 0 N–H and O–H groups in total. The summed E-state index contributed by atoms with van der Waals surface area (Å²) in [4.78, 5) is 0. The van der Waals surface area contributed by atoms with Gasteiger partial charge in [-0.05, 0) is 31.4 Å². The zero-order valence-electron chi connectivity index (χ0n) is 11.0. The quantitative estimate of drug-likeness (QED) is 0.652. The molecule has 0 saturated heterocycles. The molecule has 0 aliphatic rings. The Hall–Kier alpha value is -1.06. The molecule has 0 aliphatic carbocycles. The van der Waals surface area contributed by atoms with Crippen molar-refractivity contribution < 1.29 is 14.2 Å². The monoisotopic (exact) mass is 238 g/mol. The van der Waals surface area contributed by atoms with E-state index in [4.69, 9.17) is 14.2 Å². The lowest BCUT2D eigenvalue weighted by Gasteiger charge is -2.11. The number of hydrogen-bond donors (Lipinski definition) is 0. The van der Waals surface area contributed by atoms with Gasteiger partial charge in [-0.1, -0.05) is 18.2 Å². The van der Waals surface area contributed by atoms with Gasteiger partial charge in [0.25, 0.3) is 0 Å². The van der Waals surface area contributed by atoms with Crippen molar-refractivity contribution in [3.8, 4) is 5.75 Å². The molecule has 1 aromatic rings. The van der Waals surface area contributed by atoms with E-state index in [1.807, 2.05) is 6.07 Å². The fraction of sp³-hybridized carbons (Fsp3) is 0.571. The zero-order chi connectivity index (χ0) is 12.5. The largest absolute Gasteiger partial charge is 0.491 e. The highest BCUT2D eigenvalue weighted by atomic mass is 16.5. The van der Waals surface area contributed by atoms with Gasteiger partial charge in [0.1, 0.15) is 12.4 Å². The molecule has 0 fully saturated rings. The lowest BCUT2D eigenvalue weighted by Crippen LogP contribution is -2.09. The van der Waals surface area contributed by atoms with Crippen molar-refractivity contribution in [2.24, 2.45) is 0 Å². The molecule has 1 rings (SSSR count). The molecule has 17 heavy (non-hydrogen) atoms. The smallest absolute Gasteiger partial charge is 0.125 e. The molecule has 1 aromatic carbocycles. The van der Waals surface area contributed by atoms with Crippen LogP contribution in [0.3, 0.4) is 0 Å². The average Bonchev–Trinajstić information content (AvgIpc) is 2.31. The first kappa shape index (κ1) is 14.0. The molecule has 0 heterocycles. The predicted molar refractivity (Wildman–Crippen MR) is 68.7 cm³/mol. The third kappa shape index (κ3) is 5.20. The van der Waals surface area contributed by atoms with Crippen molar-refractivity contribution >= 4 is 0 Å². The van der Waals surface area contributed by atoms with Gasteiger partial charge in [0, 0.05) is 20.3 Å². The van der Waals surface area contributed by atoms with Crippen LogP contribution >= 0.6 is 0 Å². The van der Waals surface area contributed by atoms with E-state index in [-0.39, 0.29) is 0 Å². The maximum atomic E-state index is 5.72. The Bertz CT molecular complexity index is 303. The topological polar surface area (TPSA) is 27.7 Å². The molecule has 0 atom stereocenters. The van der Waals surface area contributed by atoms with E-state index in [1.54, 1.807) is 7.11 Å². The van der Waals surface area contributed by atoms with E-state index < -0.39 is 0 Å². The van der Waals surface area contributed by atoms with Crippen LogP contribution < -0.4 is 4.74 Å². The van der Waals surface area contributed by atoms with Gasteiger partial charge in [-0.25, -0.2) is 0 Å². The SMILES string of the molecule is COCCCOCCOc1c(C)cccc1C. The molecule has 0 aromatic heterocycles. The molecule has 0 bridgehead atoms. The first-order valence-corrected chi connectivity index (χ1v) is 6.01. The number of hydrogen-bond acceptors (Lipinski definition) is 3. The Kier molecular flexibility index (Phi) is 6.67. The minimum atomic E-state index is 0.596. The standard InChI is InChI=1S/C14H22O3/c1-12-6-4-7-13(2)14(12)17-11-10-16-9-5-8-15-3/h4,6-7H,5,8-11H2,1-3H3. The molecule has 3 heteroatoms. The van der Waals surface area contributed by atoms with Crippen molar-refractivity contribution in [3.63, 3.8) is 0 Å². The van der Waals surface area contributed by atoms with Crippen molar-refractivity contribution in [2.45, 2.75) is 20.3 Å². The number of para-hydroxylation sites is 1.